The molecular weight excluding hydrogens is 418 g/mol. The summed E-state index contributed by atoms with van der Waals surface area (Å²) in [6.45, 7) is 0. The molecule has 0 bridgehead atoms. The number of carbonyl (C=O) groups is 1. The molecule has 0 aliphatic heterocycles. The van der Waals surface area contributed by atoms with Gasteiger partial charge in [0.25, 0.3) is 5.91 Å². The van der Waals surface area contributed by atoms with Gasteiger partial charge >= 0.3 is 0 Å². The maximum Gasteiger partial charge on any atom is 0.255 e. The maximum absolute atomic E-state index is 13.1. The van der Waals surface area contributed by atoms with Crippen LogP contribution < -0.4 is 19.5 Å². The zero-order valence-corrected chi connectivity index (χ0v) is 17.9. The van der Waals surface area contributed by atoms with Gasteiger partial charge in [0, 0.05) is 16.1 Å². The van der Waals surface area contributed by atoms with Gasteiger partial charge in [-0.3, -0.25) is 4.79 Å². The Morgan fingerprint density at radius 2 is 1.68 bits per heavy atom. The molecule has 158 valence electrons. The third-order valence-electron chi connectivity index (χ3n) is 4.80. The summed E-state index contributed by atoms with van der Waals surface area (Å²) in [6, 6.07) is 16.1. The van der Waals surface area contributed by atoms with E-state index < -0.39 is 0 Å². The number of H-pyrrole nitrogens is 1. The van der Waals surface area contributed by atoms with E-state index in [4.69, 9.17) is 25.8 Å². The summed E-state index contributed by atoms with van der Waals surface area (Å²) >= 11 is 6.23. The molecule has 0 aliphatic rings. The second kappa shape index (κ2) is 8.57. The number of imidazole rings is 1. The minimum atomic E-state index is -0.348. The fourth-order valence-electron chi connectivity index (χ4n) is 3.31. The Morgan fingerprint density at radius 3 is 2.32 bits per heavy atom. The van der Waals surface area contributed by atoms with Crippen molar-refractivity contribution in [2.45, 2.75) is 0 Å². The van der Waals surface area contributed by atoms with Crippen molar-refractivity contribution >= 4 is 34.2 Å². The number of ether oxygens (including phenoxy) is 3. The average Bonchev–Trinajstić information content (AvgIpc) is 3.23. The molecule has 0 saturated heterocycles. The van der Waals surface area contributed by atoms with Gasteiger partial charge < -0.3 is 24.5 Å². The summed E-state index contributed by atoms with van der Waals surface area (Å²) < 4.78 is 16.0. The van der Waals surface area contributed by atoms with Crippen LogP contribution in [0.2, 0.25) is 5.02 Å². The number of aromatic nitrogens is 2. The number of para-hydroxylation sites is 2. The number of hydrogen-bond acceptors (Lipinski definition) is 5. The monoisotopic (exact) mass is 437 g/mol. The maximum atomic E-state index is 13.1. The zero-order valence-electron chi connectivity index (χ0n) is 17.2. The quantitative estimate of drug-likeness (QED) is 0.435. The van der Waals surface area contributed by atoms with Crippen LogP contribution in [0.25, 0.3) is 22.4 Å². The molecule has 8 heteroatoms. The lowest BCUT2D eigenvalue weighted by molar-refractivity contribution is 0.102. The van der Waals surface area contributed by atoms with Crippen LogP contribution in [0, 0.1) is 0 Å². The van der Waals surface area contributed by atoms with Crippen LogP contribution in [-0.2, 0) is 0 Å². The molecule has 0 atom stereocenters. The van der Waals surface area contributed by atoms with Crippen LogP contribution in [0.4, 0.5) is 5.69 Å². The highest BCUT2D eigenvalue weighted by Crippen LogP contribution is 2.38. The average molecular weight is 438 g/mol. The third-order valence-corrected chi connectivity index (χ3v) is 5.04. The molecule has 1 amide bonds. The minimum Gasteiger partial charge on any atom is -0.493 e. The summed E-state index contributed by atoms with van der Waals surface area (Å²) in [5, 5.41) is 3.46. The topological polar surface area (TPSA) is 85.5 Å². The van der Waals surface area contributed by atoms with Crippen molar-refractivity contribution in [3.05, 3.63) is 65.2 Å². The number of methoxy groups -OCH3 is 3. The Morgan fingerprint density at radius 1 is 0.968 bits per heavy atom. The van der Waals surface area contributed by atoms with Crippen molar-refractivity contribution < 1.29 is 19.0 Å². The van der Waals surface area contributed by atoms with Crippen molar-refractivity contribution in [2.75, 3.05) is 26.6 Å². The van der Waals surface area contributed by atoms with Gasteiger partial charge in [-0.2, -0.15) is 0 Å². The Balaban J connectivity index is 1.72. The first kappa shape index (κ1) is 20.6. The molecule has 0 fully saturated rings. The molecule has 4 aromatic rings. The van der Waals surface area contributed by atoms with Crippen LogP contribution in [-0.4, -0.2) is 37.2 Å². The highest BCUT2D eigenvalue weighted by atomic mass is 35.5. The van der Waals surface area contributed by atoms with Gasteiger partial charge in [0.15, 0.2) is 11.5 Å². The number of anilines is 1. The normalized spacial score (nSPS) is 10.7. The van der Waals surface area contributed by atoms with Crippen molar-refractivity contribution in [3.63, 3.8) is 0 Å². The van der Waals surface area contributed by atoms with Crippen LogP contribution in [0.1, 0.15) is 10.4 Å². The standard InChI is InChI=1S/C23H20ClN3O4/c1-29-19-10-13(11-20(30-2)21(19)31-3)23(28)27-16-9-8-14(24)12-15(16)22-25-17-6-4-5-7-18(17)26-22/h4-12H,1-3H3,(H,25,26)(H,27,28). The molecule has 1 heterocycles. The number of aromatic amines is 1. The molecule has 2 N–H and O–H groups in total. The Labute approximate surface area is 183 Å². The summed E-state index contributed by atoms with van der Waals surface area (Å²) in [5.41, 5.74) is 3.28. The second-order valence-corrected chi connectivity index (χ2v) is 7.10. The first-order valence-electron chi connectivity index (χ1n) is 9.40. The summed E-state index contributed by atoms with van der Waals surface area (Å²) in [7, 11) is 4.50. The first-order valence-corrected chi connectivity index (χ1v) is 9.78. The van der Waals surface area contributed by atoms with E-state index >= 15 is 0 Å². The van der Waals surface area contributed by atoms with Crippen molar-refractivity contribution in [1.82, 2.24) is 9.97 Å². The van der Waals surface area contributed by atoms with E-state index in [2.05, 4.69) is 15.3 Å². The van der Waals surface area contributed by atoms with Gasteiger partial charge in [0.1, 0.15) is 5.82 Å². The smallest absolute Gasteiger partial charge is 0.255 e. The SMILES string of the molecule is COc1cc(C(=O)Nc2ccc(Cl)cc2-c2nc3ccccc3[nH]2)cc(OC)c1OC. The Hall–Kier alpha value is -3.71. The number of benzene rings is 3. The number of rotatable bonds is 6. The molecule has 3 aromatic carbocycles. The van der Waals surface area contributed by atoms with E-state index in [0.717, 1.165) is 11.0 Å². The summed E-state index contributed by atoms with van der Waals surface area (Å²) in [5.74, 6) is 1.44. The van der Waals surface area contributed by atoms with Crippen molar-refractivity contribution in [1.29, 1.82) is 0 Å². The summed E-state index contributed by atoms with van der Waals surface area (Å²) in [4.78, 5) is 21.0. The van der Waals surface area contributed by atoms with E-state index in [1.807, 2.05) is 24.3 Å². The number of nitrogens with one attached hydrogen (secondary N) is 2. The lowest BCUT2D eigenvalue weighted by Crippen LogP contribution is -2.13. The molecule has 31 heavy (non-hydrogen) atoms. The van der Waals surface area contributed by atoms with Gasteiger partial charge in [-0.25, -0.2) is 4.98 Å². The predicted octanol–water partition coefficient (Wildman–Crippen LogP) is 5.16. The molecule has 0 radical (unpaired) electrons. The third kappa shape index (κ3) is 4.00. The summed E-state index contributed by atoms with van der Waals surface area (Å²) in [6.07, 6.45) is 0. The van der Waals surface area contributed by atoms with Crippen LogP contribution in [0.3, 0.4) is 0 Å². The van der Waals surface area contributed by atoms with Gasteiger partial charge in [0.2, 0.25) is 5.75 Å². The van der Waals surface area contributed by atoms with Gasteiger partial charge in [-0.15, -0.1) is 0 Å². The van der Waals surface area contributed by atoms with Gasteiger partial charge in [0.05, 0.1) is 38.1 Å². The molecule has 0 spiro atoms. The zero-order chi connectivity index (χ0) is 22.0. The fraction of sp³-hybridized carbons (Fsp3) is 0.130. The first-order chi connectivity index (χ1) is 15.0. The number of fused-ring (bicyclic) bond motifs is 1. The number of carbonyl (C=O) groups excluding carboxylic acids is 1. The minimum absolute atomic E-state index is 0.347. The molecule has 1 aromatic heterocycles. The van der Waals surface area contributed by atoms with E-state index in [1.165, 1.54) is 21.3 Å². The number of halogens is 1. The van der Waals surface area contributed by atoms with Gasteiger partial charge in [-0.1, -0.05) is 23.7 Å². The molecule has 0 aliphatic carbocycles. The lowest BCUT2D eigenvalue weighted by atomic mass is 10.1. The van der Waals surface area contributed by atoms with Crippen molar-refractivity contribution in [3.8, 4) is 28.6 Å². The molecule has 4 rings (SSSR count). The molecule has 7 nitrogen and oxygen atoms in total. The largest absolute Gasteiger partial charge is 0.493 e. The highest BCUT2D eigenvalue weighted by Gasteiger charge is 2.19. The number of hydrogen-bond donors (Lipinski definition) is 2. The van der Waals surface area contributed by atoms with Crippen LogP contribution in [0.15, 0.2) is 54.6 Å². The van der Waals surface area contributed by atoms with Gasteiger partial charge in [-0.05, 0) is 42.5 Å². The fourth-order valence-corrected chi connectivity index (χ4v) is 3.48. The van der Waals surface area contributed by atoms with E-state index in [0.29, 0.717) is 44.9 Å². The lowest BCUT2D eigenvalue weighted by Gasteiger charge is -2.15. The molecular formula is C23H20ClN3O4. The Bertz CT molecular complexity index is 1210. The van der Waals surface area contributed by atoms with Crippen LogP contribution in [0.5, 0.6) is 17.2 Å². The number of nitrogens with zero attached hydrogens (tertiary/aromatic N) is 1. The van der Waals surface area contributed by atoms with Crippen molar-refractivity contribution in [2.24, 2.45) is 0 Å². The van der Waals surface area contributed by atoms with E-state index in [9.17, 15) is 4.79 Å². The number of amides is 1. The van der Waals surface area contributed by atoms with E-state index in [-0.39, 0.29) is 5.91 Å². The highest BCUT2D eigenvalue weighted by molar-refractivity contribution is 6.31. The Kier molecular flexibility index (Phi) is 5.68. The van der Waals surface area contributed by atoms with E-state index in [1.54, 1.807) is 30.3 Å². The molecule has 0 unspecified atom stereocenters. The molecule has 0 saturated carbocycles. The predicted molar refractivity (Wildman–Crippen MR) is 121 cm³/mol. The van der Waals surface area contributed by atoms with Crippen LogP contribution >= 0.6 is 11.6 Å². The second-order valence-electron chi connectivity index (χ2n) is 6.66.